The lowest BCUT2D eigenvalue weighted by molar-refractivity contribution is 0.628. The number of rotatable bonds is 3. The molecule has 2 rings (SSSR count). The van der Waals surface area contributed by atoms with Gasteiger partial charge in [0.05, 0.1) is 10.7 Å². The molecule has 1 heterocycles. The lowest BCUT2D eigenvalue weighted by Crippen LogP contribution is -2.11. The fraction of sp³-hybridized carbons (Fsp3) is 0.0909. The summed E-state index contributed by atoms with van der Waals surface area (Å²) in [7, 11) is 0. The van der Waals surface area contributed by atoms with Crippen molar-refractivity contribution in [2.75, 3.05) is 10.7 Å². The summed E-state index contributed by atoms with van der Waals surface area (Å²) in [4.78, 5) is 8.00. The Kier molecular flexibility index (Phi) is 3.59. The summed E-state index contributed by atoms with van der Waals surface area (Å²) in [6.45, 7) is 1.78. The molecule has 2 aromatic rings. The first-order chi connectivity index (χ1) is 8.61. The average molecular weight is 268 g/mol. The van der Waals surface area contributed by atoms with E-state index in [0.717, 1.165) is 0 Å². The van der Waals surface area contributed by atoms with Crippen LogP contribution in [0.4, 0.5) is 21.7 Å². The third-order valence-electron chi connectivity index (χ3n) is 2.40. The van der Waals surface area contributed by atoms with Gasteiger partial charge >= 0.3 is 0 Å². The van der Waals surface area contributed by atoms with Gasteiger partial charge in [0.1, 0.15) is 23.8 Å². The average Bonchev–Trinajstić information content (AvgIpc) is 2.36. The molecule has 0 spiro atoms. The molecular weight excluding hydrogens is 257 g/mol. The van der Waals surface area contributed by atoms with E-state index in [1.54, 1.807) is 6.92 Å². The van der Waals surface area contributed by atoms with Crippen LogP contribution in [0.15, 0.2) is 24.5 Å². The number of nitrogens with zero attached hydrogens (tertiary/aromatic N) is 2. The summed E-state index contributed by atoms with van der Waals surface area (Å²) in [5.74, 6) is 5.92. The molecule has 0 bridgehead atoms. The van der Waals surface area contributed by atoms with Crippen LogP contribution in [0.3, 0.4) is 0 Å². The van der Waals surface area contributed by atoms with Gasteiger partial charge in [0.25, 0.3) is 0 Å². The molecule has 1 aromatic carbocycles. The van der Waals surface area contributed by atoms with Crippen LogP contribution >= 0.6 is 11.6 Å². The second-order valence-corrected chi connectivity index (χ2v) is 4.00. The van der Waals surface area contributed by atoms with E-state index in [4.69, 9.17) is 17.4 Å². The second kappa shape index (κ2) is 5.16. The van der Waals surface area contributed by atoms with Gasteiger partial charge in [-0.05, 0) is 25.1 Å². The third kappa shape index (κ3) is 2.49. The normalized spacial score (nSPS) is 10.2. The van der Waals surface area contributed by atoms with E-state index in [2.05, 4.69) is 20.7 Å². The van der Waals surface area contributed by atoms with Crippen molar-refractivity contribution < 1.29 is 4.39 Å². The molecule has 0 radical (unpaired) electrons. The first-order valence-electron chi connectivity index (χ1n) is 5.12. The van der Waals surface area contributed by atoms with E-state index in [-0.39, 0.29) is 5.82 Å². The number of hydrogen-bond donors (Lipinski definition) is 3. The summed E-state index contributed by atoms with van der Waals surface area (Å²) in [6.07, 6.45) is 1.34. The number of hydrazine groups is 1. The largest absolute Gasteiger partial charge is 0.339 e. The van der Waals surface area contributed by atoms with E-state index in [1.165, 1.54) is 24.5 Å². The molecule has 0 unspecified atom stereocenters. The fourth-order valence-corrected chi connectivity index (χ4v) is 1.61. The summed E-state index contributed by atoms with van der Waals surface area (Å²) in [5.41, 5.74) is 3.59. The van der Waals surface area contributed by atoms with Crippen molar-refractivity contribution in [3.05, 3.63) is 40.9 Å². The molecule has 4 N–H and O–H groups in total. The first-order valence-corrected chi connectivity index (χ1v) is 5.50. The van der Waals surface area contributed by atoms with Gasteiger partial charge in [-0.15, -0.1) is 0 Å². The quantitative estimate of drug-likeness (QED) is 0.589. The van der Waals surface area contributed by atoms with Crippen LogP contribution < -0.4 is 16.6 Å². The summed E-state index contributed by atoms with van der Waals surface area (Å²) >= 11 is 5.96. The van der Waals surface area contributed by atoms with E-state index < -0.39 is 0 Å². The maximum atomic E-state index is 13.1. The highest BCUT2D eigenvalue weighted by molar-refractivity contribution is 6.33. The van der Waals surface area contributed by atoms with Crippen molar-refractivity contribution in [2.45, 2.75) is 6.92 Å². The van der Waals surface area contributed by atoms with Crippen molar-refractivity contribution in [1.29, 1.82) is 0 Å². The molecule has 0 aliphatic carbocycles. The fourth-order valence-electron chi connectivity index (χ4n) is 1.44. The zero-order valence-electron chi connectivity index (χ0n) is 9.54. The Morgan fingerprint density at radius 2 is 2.00 bits per heavy atom. The van der Waals surface area contributed by atoms with Gasteiger partial charge in [-0.25, -0.2) is 20.2 Å². The standard InChI is InChI=1S/C11H11ClFN5/c1-6-10(15-5-16-11(6)18-14)17-9-4-7(13)2-3-8(9)12/h2-5H,14H2,1H3,(H2,15,16,17,18). The Balaban J connectivity index is 2.37. The molecule has 0 aliphatic rings. The zero-order valence-corrected chi connectivity index (χ0v) is 10.3. The molecule has 0 fully saturated rings. The molecule has 5 nitrogen and oxygen atoms in total. The molecule has 0 saturated carbocycles. The number of nitrogens with one attached hydrogen (secondary N) is 2. The van der Waals surface area contributed by atoms with Crippen LogP contribution in [0.25, 0.3) is 0 Å². The van der Waals surface area contributed by atoms with Crippen LogP contribution in [0.1, 0.15) is 5.56 Å². The summed E-state index contributed by atoms with van der Waals surface area (Å²) < 4.78 is 13.1. The van der Waals surface area contributed by atoms with Gasteiger partial charge in [0.2, 0.25) is 0 Å². The van der Waals surface area contributed by atoms with Gasteiger partial charge < -0.3 is 10.7 Å². The number of anilines is 3. The van der Waals surface area contributed by atoms with Crippen molar-refractivity contribution >= 4 is 28.9 Å². The molecule has 1 aromatic heterocycles. The number of nitrogen functional groups attached to an aromatic ring is 1. The maximum absolute atomic E-state index is 13.1. The molecule has 0 saturated heterocycles. The van der Waals surface area contributed by atoms with Crippen LogP contribution in [0.2, 0.25) is 5.02 Å². The van der Waals surface area contributed by atoms with Crippen LogP contribution in [-0.4, -0.2) is 9.97 Å². The van der Waals surface area contributed by atoms with Crippen molar-refractivity contribution in [3.63, 3.8) is 0 Å². The minimum atomic E-state index is -0.384. The van der Waals surface area contributed by atoms with Crippen molar-refractivity contribution in [3.8, 4) is 0 Å². The van der Waals surface area contributed by atoms with Crippen LogP contribution in [-0.2, 0) is 0 Å². The minimum absolute atomic E-state index is 0.384. The molecule has 0 amide bonds. The van der Waals surface area contributed by atoms with E-state index >= 15 is 0 Å². The topological polar surface area (TPSA) is 75.9 Å². The van der Waals surface area contributed by atoms with Gasteiger partial charge in [0.15, 0.2) is 0 Å². The third-order valence-corrected chi connectivity index (χ3v) is 2.73. The lowest BCUT2D eigenvalue weighted by atomic mass is 10.2. The molecule has 94 valence electrons. The molecule has 0 aliphatic heterocycles. The lowest BCUT2D eigenvalue weighted by Gasteiger charge is -2.11. The summed E-state index contributed by atoms with van der Waals surface area (Å²) in [5, 5.41) is 3.34. The number of hydrogen-bond acceptors (Lipinski definition) is 5. The van der Waals surface area contributed by atoms with E-state index in [1.807, 2.05) is 0 Å². The molecule has 18 heavy (non-hydrogen) atoms. The molecular formula is C11H11ClFN5. The number of aromatic nitrogens is 2. The second-order valence-electron chi connectivity index (χ2n) is 3.59. The molecule has 0 atom stereocenters. The highest BCUT2D eigenvalue weighted by atomic mass is 35.5. The predicted octanol–water partition coefficient (Wildman–Crippen LogP) is 2.61. The Morgan fingerprint density at radius 1 is 1.28 bits per heavy atom. The maximum Gasteiger partial charge on any atom is 0.148 e. The highest BCUT2D eigenvalue weighted by Crippen LogP contribution is 2.27. The zero-order chi connectivity index (χ0) is 13.1. The molecule has 7 heteroatoms. The monoisotopic (exact) mass is 267 g/mol. The Hall–Kier alpha value is -1.92. The van der Waals surface area contributed by atoms with Crippen molar-refractivity contribution in [1.82, 2.24) is 9.97 Å². The SMILES string of the molecule is Cc1c(NN)ncnc1Nc1cc(F)ccc1Cl. The number of benzene rings is 1. The van der Waals surface area contributed by atoms with E-state index in [9.17, 15) is 4.39 Å². The van der Waals surface area contributed by atoms with Gasteiger partial charge in [-0.3, -0.25) is 0 Å². The van der Waals surface area contributed by atoms with Gasteiger partial charge in [0, 0.05) is 5.56 Å². The smallest absolute Gasteiger partial charge is 0.148 e. The van der Waals surface area contributed by atoms with Crippen molar-refractivity contribution in [2.24, 2.45) is 5.84 Å². The first kappa shape index (κ1) is 12.5. The number of halogens is 2. The van der Waals surface area contributed by atoms with Crippen LogP contribution in [0, 0.1) is 12.7 Å². The van der Waals surface area contributed by atoms with Crippen LogP contribution in [0.5, 0.6) is 0 Å². The highest BCUT2D eigenvalue weighted by Gasteiger charge is 2.08. The Morgan fingerprint density at radius 3 is 2.72 bits per heavy atom. The Labute approximate surface area is 108 Å². The van der Waals surface area contributed by atoms with Gasteiger partial charge in [-0.1, -0.05) is 11.6 Å². The predicted molar refractivity (Wildman–Crippen MR) is 69.3 cm³/mol. The van der Waals surface area contributed by atoms with Gasteiger partial charge in [-0.2, -0.15) is 0 Å². The van der Waals surface area contributed by atoms with E-state index in [0.29, 0.717) is 27.9 Å². The number of nitrogens with two attached hydrogens (primary N) is 1. The Bertz CT molecular complexity index is 575. The minimum Gasteiger partial charge on any atom is -0.339 e. The summed E-state index contributed by atoms with van der Waals surface area (Å²) in [6, 6.07) is 4.05.